The van der Waals surface area contributed by atoms with Crippen LogP contribution in [0.4, 0.5) is 0 Å². The van der Waals surface area contributed by atoms with Crippen LogP contribution in [0.3, 0.4) is 0 Å². The van der Waals surface area contributed by atoms with Crippen molar-refractivity contribution < 1.29 is 19.5 Å². The van der Waals surface area contributed by atoms with Crippen LogP contribution in [0.25, 0.3) is 0 Å². The zero-order valence-electron chi connectivity index (χ0n) is 13.2. The van der Waals surface area contributed by atoms with Gasteiger partial charge in [-0.2, -0.15) is 0 Å². The summed E-state index contributed by atoms with van der Waals surface area (Å²) in [4.78, 5) is 36.6. The third-order valence-corrected chi connectivity index (χ3v) is 3.22. The molecule has 0 saturated carbocycles. The van der Waals surface area contributed by atoms with Gasteiger partial charge in [0.25, 0.3) is 5.91 Å². The molecule has 9 heteroatoms. The van der Waals surface area contributed by atoms with E-state index in [4.69, 9.17) is 0 Å². The Balaban J connectivity index is 2.10. The Morgan fingerprint density at radius 3 is 2.50 bits per heavy atom. The molecule has 0 fully saturated rings. The molecule has 0 aliphatic carbocycles. The highest BCUT2D eigenvalue weighted by Crippen LogP contribution is 2.13. The number of aromatic nitrogens is 3. The maximum atomic E-state index is 12.2. The Bertz CT molecular complexity index is 741. The van der Waals surface area contributed by atoms with Crippen LogP contribution in [0, 0.1) is 0 Å². The Morgan fingerprint density at radius 1 is 1.25 bits per heavy atom. The van der Waals surface area contributed by atoms with Gasteiger partial charge in [0.05, 0.1) is 6.20 Å². The number of carboxylic acid groups (broad SMARTS) is 1. The minimum absolute atomic E-state index is 0.0612. The fourth-order valence-corrected chi connectivity index (χ4v) is 1.90. The fraction of sp³-hybridized carbons (Fsp3) is 0.267. The molecule has 0 radical (unpaired) electrons. The van der Waals surface area contributed by atoms with Crippen molar-refractivity contribution in [2.45, 2.75) is 12.6 Å². The largest absolute Gasteiger partial charge is 0.479 e. The molecule has 0 saturated heterocycles. The Kier molecular flexibility index (Phi) is 5.25. The van der Waals surface area contributed by atoms with Gasteiger partial charge in [0.2, 0.25) is 5.91 Å². The predicted octanol–water partition coefficient (Wildman–Crippen LogP) is -0.0780. The summed E-state index contributed by atoms with van der Waals surface area (Å²) in [7, 11) is 3.20. The van der Waals surface area contributed by atoms with E-state index in [2.05, 4.69) is 15.6 Å². The van der Waals surface area contributed by atoms with Gasteiger partial charge >= 0.3 is 5.97 Å². The van der Waals surface area contributed by atoms with E-state index in [-0.39, 0.29) is 18.1 Å². The zero-order valence-corrected chi connectivity index (χ0v) is 13.2. The van der Waals surface area contributed by atoms with Gasteiger partial charge in [-0.05, 0) is 5.56 Å². The minimum Gasteiger partial charge on any atom is -0.479 e. The lowest BCUT2D eigenvalue weighted by Crippen LogP contribution is -2.34. The Labute approximate surface area is 137 Å². The first-order chi connectivity index (χ1) is 11.4. The van der Waals surface area contributed by atoms with E-state index < -0.39 is 17.9 Å². The minimum atomic E-state index is -1.20. The van der Waals surface area contributed by atoms with E-state index in [1.54, 1.807) is 44.4 Å². The molecule has 0 unspecified atom stereocenters. The lowest BCUT2D eigenvalue weighted by atomic mass is 10.1. The normalized spacial score (nSPS) is 11.6. The number of amides is 2. The molecule has 0 bridgehead atoms. The van der Waals surface area contributed by atoms with Crippen LogP contribution >= 0.6 is 0 Å². The van der Waals surface area contributed by atoms with Crippen LogP contribution in [-0.2, 0) is 16.1 Å². The monoisotopic (exact) mass is 331 g/mol. The molecule has 9 nitrogen and oxygen atoms in total. The number of carboxylic acids is 1. The standard InChI is InChI=1S/C15H17N5O4/c1-19(2)12(21)9-20-8-11(17-18-20)14(22)16-13(15(23)24)10-6-4-3-5-7-10/h3-8,13H,9H2,1-2H3,(H,16,22)(H,23,24)/t13-/m1/s1. The number of rotatable bonds is 6. The van der Waals surface area contributed by atoms with Gasteiger partial charge in [-0.15, -0.1) is 5.10 Å². The second kappa shape index (κ2) is 7.36. The Hall–Kier alpha value is -3.23. The number of nitrogens with one attached hydrogen (secondary N) is 1. The van der Waals surface area contributed by atoms with Crippen LogP contribution in [0.1, 0.15) is 22.1 Å². The van der Waals surface area contributed by atoms with Crippen molar-refractivity contribution in [3.05, 3.63) is 47.8 Å². The molecule has 2 aromatic rings. The van der Waals surface area contributed by atoms with Crippen LogP contribution in [-0.4, -0.2) is 56.9 Å². The van der Waals surface area contributed by atoms with Gasteiger partial charge in [0, 0.05) is 14.1 Å². The average Bonchev–Trinajstić information content (AvgIpc) is 3.01. The molecular weight excluding hydrogens is 314 g/mol. The van der Waals surface area contributed by atoms with E-state index in [9.17, 15) is 19.5 Å². The van der Waals surface area contributed by atoms with Crippen molar-refractivity contribution >= 4 is 17.8 Å². The molecule has 2 N–H and O–H groups in total. The van der Waals surface area contributed by atoms with E-state index in [1.807, 2.05) is 0 Å². The number of hydrogen-bond donors (Lipinski definition) is 2. The summed E-state index contributed by atoms with van der Waals surface area (Å²) in [5, 5.41) is 19.1. The first-order valence-corrected chi connectivity index (χ1v) is 7.07. The van der Waals surface area contributed by atoms with Crippen molar-refractivity contribution in [3.8, 4) is 0 Å². The maximum absolute atomic E-state index is 12.2. The maximum Gasteiger partial charge on any atom is 0.330 e. The highest BCUT2D eigenvalue weighted by atomic mass is 16.4. The molecule has 0 spiro atoms. The summed E-state index contributed by atoms with van der Waals surface area (Å²) in [6, 6.07) is 7.11. The van der Waals surface area contributed by atoms with Gasteiger partial charge in [-0.1, -0.05) is 35.5 Å². The van der Waals surface area contributed by atoms with Gasteiger partial charge in [0.15, 0.2) is 11.7 Å². The summed E-state index contributed by atoms with van der Waals surface area (Å²) < 4.78 is 1.22. The number of likely N-dealkylation sites (N-methyl/N-ethyl adjacent to an activating group) is 1. The van der Waals surface area contributed by atoms with Crippen molar-refractivity contribution in [2.75, 3.05) is 14.1 Å². The van der Waals surface area contributed by atoms with Crippen molar-refractivity contribution in [2.24, 2.45) is 0 Å². The van der Waals surface area contributed by atoms with Crippen LogP contribution in [0.5, 0.6) is 0 Å². The summed E-state index contributed by atoms with van der Waals surface area (Å²) in [6.07, 6.45) is 1.29. The first-order valence-electron chi connectivity index (χ1n) is 7.07. The number of nitrogens with zero attached hydrogens (tertiary/aromatic N) is 4. The molecule has 1 aromatic carbocycles. The van der Waals surface area contributed by atoms with Crippen LogP contribution in [0.2, 0.25) is 0 Å². The third-order valence-electron chi connectivity index (χ3n) is 3.22. The van der Waals surface area contributed by atoms with Crippen molar-refractivity contribution in [1.82, 2.24) is 25.2 Å². The smallest absolute Gasteiger partial charge is 0.330 e. The lowest BCUT2D eigenvalue weighted by Gasteiger charge is -2.13. The summed E-state index contributed by atoms with van der Waals surface area (Å²) in [5.74, 6) is -2.08. The molecule has 0 aliphatic heterocycles. The summed E-state index contributed by atoms with van der Waals surface area (Å²) in [5.41, 5.74) is 0.372. The molecule has 1 atom stereocenters. The zero-order chi connectivity index (χ0) is 17.7. The van der Waals surface area contributed by atoms with Crippen molar-refractivity contribution in [3.63, 3.8) is 0 Å². The third kappa shape index (κ3) is 4.15. The van der Waals surface area contributed by atoms with E-state index in [1.165, 1.54) is 15.8 Å². The average molecular weight is 331 g/mol. The number of aliphatic carboxylic acids is 1. The SMILES string of the molecule is CN(C)C(=O)Cn1cc(C(=O)N[C@@H](C(=O)O)c2ccccc2)nn1. The van der Waals surface area contributed by atoms with Crippen molar-refractivity contribution in [1.29, 1.82) is 0 Å². The quantitative estimate of drug-likeness (QED) is 0.764. The molecule has 1 heterocycles. The molecular formula is C15H17N5O4. The van der Waals surface area contributed by atoms with E-state index in [0.717, 1.165) is 0 Å². The predicted molar refractivity (Wildman–Crippen MR) is 83.0 cm³/mol. The Morgan fingerprint density at radius 2 is 1.92 bits per heavy atom. The summed E-state index contributed by atoms with van der Waals surface area (Å²) >= 11 is 0. The van der Waals surface area contributed by atoms with E-state index >= 15 is 0 Å². The fourth-order valence-electron chi connectivity index (χ4n) is 1.90. The molecule has 24 heavy (non-hydrogen) atoms. The van der Waals surface area contributed by atoms with Gasteiger partial charge in [-0.25, -0.2) is 9.48 Å². The van der Waals surface area contributed by atoms with Gasteiger partial charge in [0.1, 0.15) is 6.54 Å². The highest BCUT2D eigenvalue weighted by molar-refractivity contribution is 5.95. The number of carbonyl (C=O) groups excluding carboxylic acids is 2. The molecule has 2 rings (SSSR count). The van der Waals surface area contributed by atoms with Crippen LogP contribution < -0.4 is 5.32 Å². The molecule has 0 aliphatic rings. The van der Waals surface area contributed by atoms with E-state index in [0.29, 0.717) is 5.56 Å². The number of hydrogen-bond acceptors (Lipinski definition) is 5. The molecule has 2 amide bonds. The first kappa shape index (κ1) is 17.1. The second-order valence-electron chi connectivity index (χ2n) is 5.24. The summed E-state index contributed by atoms with van der Waals surface area (Å²) in [6.45, 7) is -0.0612. The van der Waals surface area contributed by atoms with Gasteiger partial charge in [-0.3, -0.25) is 9.59 Å². The lowest BCUT2D eigenvalue weighted by molar-refractivity contribution is -0.139. The topological polar surface area (TPSA) is 117 Å². The van der Waals surface area contributed by atoms with Crippen LogP contribution in [0.15, 0.2) is 36.5 Å². The molecule has 126 valence electrons. The number of carbonyl (C=O) groups is 3. The molecule has 1 aromatic heterocycles. The highest BCUT2D eigenvalue weighted by Gasteiger charge is 2.24. The second-order valence-corrected chi connectivity index (χ2v) is 5.24. The number of benzene rings is 1. The van der Waals surface area contributed by atoms with Gasteiger partial charge < -0.3 is 15.3 Å².